The summed E-state index contributed by atoms with van der Waals surface area (Å²) in [5.74, 6) is -0.919. The van der Waals surface area contributed by atoms with E-state index < -0.39 is 11.6 Å². The first-order chi connectivity index (χ1) is 11.5. The number of hydrogen-bond acceptors (Lipinski definition) is 4. The molecular weight excluding hydrogens is 334 g/mol. The number of aryl methyl sites for hydroxylation is 2. The van der Waals surface area contributed by atoms with Crippen molar-refractivity contribution < 1.29 is 13.6 Å². The van der Waals surface area contributed by atoms with Crippen molar-refractivity contribution in [3.05, 3.63) is 63.2 Å². The van der Waals surface area contributed by atoms with Crippen molar-refractivity contribution >= 4 is 23.1 Å². The highest BCUT2D eigenvalue weighted by molar-refractivity contribution is 7.12. The highest BCUT2D eigenvalue weighted by Gasteiger charge is 2.17. The number of amides is 1. The number of aromatic nitrogens is 3. The average Bonchev–Trinajstić information content (AvgIpc) is 3.11. The molecule has 3 aromatic rings. The molecule has 1 aromatic carbocycles. The third kappa shape index (κ3) is 3.18. The normalized spacial score (nSPS) is 10.8. The molecule has 0 atom stereocenters. The maximum atomic E-state index is 13.8. The van der Waals surface area contributed by atoms with Crippen molar-refractivity contribution in [2.24, 2.45) is 0 Å². The molecule has 0 spiro atoms. The van der Waals surface area contributed by atoms with E-state index in [2.05, 4.69) is 15.4 Å². The summed E-state index contributed by atoms with van der Waals surface area (Å²) in [4.78, 5) is 16.9. The molecule has 5 nitrogen and oxygen atoms in total. The van der Waals surface area contributed by atoms with Crippen molar-refractivity contribution in [2.75, 3.05) is 5.32 Å². The number of carbonyl (C=O) groups is 1. The maximum Gasteiger partial charge on any atom is 0.268 e. The standard InChI is InChI=1S/C16H14F2N4OS/c1-9-6-20-22(7-11-5-12(17)3-4-13(11)18)15(9)21-16(23)14-10(2)19-8-24-14/h3-6,8H,7H2,1-2H3,(H,21,23). The Bertz CT molecular complexity index is 903. The van der Waals surface area contributed by atoms with Crippen LogP contribution in [0.3, 0.4) is 0 Å². The zero-order valence-corrected chi connectivity index (χ0v) is 13.8. The van der Waals surface area contributed by atoms with Crippen LogP contribution in [0.2, 0.25) is 0 Å². The monoisotopic (exact) mass is 348 g/mol. The van der Waals surface area contributed by atoms with Crippen LogP contribution in [-0.2, 0) is 6.54 Å². The van der Waals surface area contributed by atoms with E-state index in [-0.39, 0.29) is 18.0 Å². The Labute approximate surface area is 141 Å². The van der Waals surface area contributed by atoms with E-state index in [1.165, 1.54) is 16.0 Å². The number of nitrogens with one attached hydrogen (secondary N) is 1. The molecule has 0 fully saturated rings. The zero-order chi connectivity index (χ0) is 17.3. The molecular formula is C16H14F2N4OS. The molecule has 0 aliphatic rings. The molecule has 8 heteroatoms. The van der Waals surface area contributed by atoms with E-state index in [1.807, 2.05) is 0 Å². The Morgan fingerprint density at radius 2 is 2.12 bits per heavy atom. The molecule has 3 rings (SSSR count). The fourth-order valence-electron chi connectivity index (χ4n) is 2.27. The molecule has 0 saturated heterocycles. The SMILES string of the molecule is Cc1cnn(Cc2cc(F)ccc2F)c1NC(=O)c1scnc1C. The van der Waals surface area contributed by atoms with Crippen molar-refractivity contribution in [3.63, 3.8) is 0 Å². The smallest absolute Gasteiger partial charge is 0.268 e. The van der Waals surface area contributed by atoms with Crippen LogP contribution < -0.4 is 5.32 Å². The second kappa shape index (κ2) is 6.48. The van der Waals surface area contributed by atoms with Gasteiger partial charge in [0.2, 0.25) is 0 Å². The lowest BCUT2D eigenvalue weighted by atomic mass is 10.2. The minimum atomic E-state index is -0.528. The van der Waals surface area contributed by atoms with Crippen molar-refractivity contribution in [2.45, 2.75) is 20.4 Å². The Balaban J connectivity index is 1.88. The quantitative estimate of drug-likeness (QED) is 0.785. The highest BCUT2D eigenvalue weighted by atomic mass is 32.1. The first kappa shape index (κ1) is 16.3. The summed E-state index contributed by atoms with van der Waals surface area (Å²) in [6.45, 7) is 3.53. The molecule has 0 unspecified atom stereocenters. The van der Waals surface area contributed by atoms with E-state index in [0.29, 0.717) is 16.4 Å². The molecule has 24 heavy (non-hydrogen) atoms. The van der Waals surface area contributed by atoms with Gasteiger partial charge in [0.25, 0.3) is 5.91 Å². The van der Waals surface area contributed by atoms with Gasteiger partial charge in [-0.15, -0.1) is 11.3 Å². The van der Waals surface area contributed by atoms with E-state index in [0.717, 1.165) is 23.8 Å². The van der Waals surface area contributed by atoms with Crippen LogP contribution in [0.5, 0.6) is 0 Å². The van der Waals surface area contributed by atoms with Gasteiger partial charge in [-0.2, -0.15) is 5.10 Å². The molecule has 0 radical (unpaired) electrons. The van der Waals surface area contributed by atoms with Crippen molar-refractivity contribution in [3.8, 4) is 0 Å². The molecule has 2 heterocycles. The van der Waals surface area contributed by atoms with E-state index in [4.69, 9.17) is 0 Å². The van der Waals surface area contributed by atoms with Gasteiger partial charge in [0.1, 0.15) is 22.3 Å². The highest BCUT2D eigenvalue weighted by Crippen LogP contribution is 2.20. The van der Waals surface area contributed by atoms with Gasteiger partial charge in [-0.3, -0.25) is 4.79 Å². The fraction of sp³-hybridized carbons (Fsp3) is 0.188. The molecule has 0 bridgehead atoms. The van der Waals surface area contributed by atoms with Crippen LogP contribution in [0.1, 0.15) is 26.5 Å². The Kier molecular flexibility index (Phi) is 4.39. The molecule has 0 aliphatic carbocycles. The minimum absolute atomic E-state index is 0.00865. The Morgan fingerprint density at radius 3 is 2.83 bits per heavy atom. The number of anilines is 1. The molecule has 1 N–H and O–H groups in total. The first-order valence-electron chi connectivity index (χ1n) is 7.13. The van der Waals surface area contributed by atoms with E-state index in [1.54, 1.807) is 25.6 Å². The summed E-state index contributed by atoms with van der Waals surface area (Å²) < 4.78 is 28.6. The van der Waals surface area contributed by atoms with Crippen LogP contribution in [0.4, 0.5) is 14.6 Å². The van der Waals surface area contributed by atoms with E-state index >= 15 is 0 Å². The Hall–Kier alpha value is -2.61. The van der Waals surface area contributed by atoms with Crippen LogP contribution in [0, 0.1) is 25.5 Å². The number of carbonyl (C=O) groups excluding carboxylic acids is 1. The van der Waals surface area contributed by atoms with Gasteiger partial charge >= 0.3 is 0 Å². The van der Waals surface area contributed by atoms with Gasteiger partial charge in [0.05, 0.1) is 23.9 Å². The predicted molar refractivity (Wildman–Crippen MR) is 87.2 cm³/mol. The second-order valence-electron chi connectivity index (χ2n) is 5.29. The van der Waals surface area contributed by atoms with Crippen molar-refractivity contribution in [1.29, 1.82) is 0 Å². The summed E-state index contributed by atoms with van der Waals surface area (Å²) in [6, 6.07) is 3.24. The van der Waals surface area contributed by atoms with E-state index in [9.17, 15) is 13.6 Å². The number of thiazole rings is 1. The summed E-state index contributed by atoms with van der Waals surface area (Å²) in [7, 11) is 0. The van der Waals surface area contributed by atoms with Gasteiger partial charge in [-0.25, -0.2) is 18.4 Å². The number of hydrogen-bond donors (Lipinski definition) is 1. The molecule has 2 aromatic heterocycles. The summed E-state index contributed by atoms with van der Waals surface area (Å²) in [5.41, 5.74) is 3.11. The third-order valence-electron chi connectivity index (χ3n) is 3.53. The summed E-state index contributed by atoms with van der Waals surface area (Å²) >= 11 is 1.24. The molecule has 124 valence electrons. The number of nitrogens with zero attached hydrogens (tertiary/aromatic N) is 3. The van der Waals surface area contributed by atoms with Gasteiger partial charge in [0, 0.05) is 11.1 Å². The van der Waals surface area contributed by atoms with Gasteiger partial charge in [-0.05, 0) is 32.0 Å². The largest absolute Gasteiger partial charge is 0.306 e. The third-order valence-corrected chi connectivity index (χ3v) is 4.46. The van der Waals surface area contributed by atoms with Gasteiger partial charge in [-0.1, -0.05) is 0 Å². The minimum Gasteiger partial charge on any atom is -0.306 e. The van der Waals surface area contributed by atoms with Crippen LogP contribution in [0.25, 0.3) is 0 Å². The fourth-order valence-corrected chi connectivity index (χ4v) is 2.97. The topological polar surface area (TPSA) is 59.8 Å². The number of halogens is 2. The maximum absolute atomic E-state index is 13.8. The summed E-state index contributed by atoms with van der Waals surface area (Å²) in [6.07, 6.45) is 1.56. The first-order valence-corrected chi connectivity index (χ1v) is 8.01. The van der Waals surface area contributed by atoms with Gasteiger partial charge in [0.15, 0.2) is 0 Å². The van der Waals surface area contributed by atoms with Crippen LogP contribution in [-0.4, -0.2) is 20.7 Å². The molecule has 1 amide bonds. The zero-order valence-electron chi connectivity index (χ0n) is 13.0. The lowest BCUT2D eigenvalue weighted by Crippen LogP contribution is -2.17. The summed E-state index contributed by atoms with van der Waals surface area (Å²) in [5, 5.41) is 6.91. The molecule has 0 saturated carbocycles. The van der Waals surface area contributed by atoms with Crippen LogP contribution >= 0.6 is 11.3 Å². The van der Waals surface area contributed by atoms with Crippen molar-refractivity contribution in [1.82, 2.24) is 14.8 Å². The van der Waals surface area contributed by atoms with Crippen LogP contribution in [0.15, 0.2) is 29.9 Å². The second-order valence-corrected chi connectivity index (χ2v) is 6.15. The Morgan fingerprint density at radius 1 is 1.33 bits per heavy atom. The lowest BCUT2D eigenvalue weighted by Gasteiger charge is -2.10. The predicted octanol–water partition coefficient (Wildman–Crippen LogP) is 3.54. The number of rotatable bonds is 4. The number of benzene rings is 1. The lowest BCUT2D eigenvalue weighted by molar-refractivity contribution is 0.102. The average molecular weight is 348 g/mol. The molecule has 0 aliphatic heterocycles. The van der Waals surface area contributed by atoms with Gasteiger partial charge < -0.3 is 5.32 Å².